The number of ketones is 1. The third-order valence-corrected chi connectivity index (χ3v) is 31.0. The Morgan fingerprint density at radius 1 is 0.384 bits per heavy atom. The molecule has 0 aromatic heterocycles. The van der Waals surface area contributed by atoms with Crippen LogP contribution in [0.1, 0.15) is 285 Å². The second-order valence-corrected chi connectivity index (χ2v) is 48.1. The van der Waals surface area contributed by atoms with Gasteiger partial charge in [-0.3, -0.25) is 4.79 Å². The molecule has 0 aliphatic rings. The molecule has 0 bridgehead atoms. The van der Waals surface area contributed by atoms with Crippen LogP contribution in [0.5, 0.6) is 34.5 Å². The quantitative estimate of drug-likeness (QED) is 0.00606. The fourth-order valence-corrected chi connectivity index (χ4v) is 20.3. The molecular formula is C112H155F6I2N4O18PS3. The van der Waals surface area contributed by atoms with Crippen molar-refractivity contribution in [1.82, 2.24) is 0 Å². The van der Waals surface area contributed by atoms with Crippen molar-refractivity contribution in [3.8, 4) is 34.5 Å². The predicted octanol–water partition coefficient (Wildman–Crippen LogP) is 22.0. The molecule has 0 saturated carbocycles. The molecule has 0 atom stereocenters. The van der Waals surface area contributed by atoms with Crippen molar-refractivity contribution in [2.75, 3.05) is 60.0 Å². The van der Waals surface area contributed by atoms with Crippen molar-refractivity contribution < 1.29 is 161 Å². The Morgan fingerprint density at radius 2 is 0.705 bits per heavy atom. The van der Waals surface area contributed by atoms with E-state index in [0.717, 1.165) is 142 Å². The number of rotatable bonds is 52. The second-order valence-electron chi connectivity index (χ2n) is 36.1. The first-order valence-corrected chi connectivity index (χ1v) is 60.5. The molecule has 22 nitrogen and oxygen atoms in total. The van der Waals surface area contributed by atoms with Gasteiger partial charge >= 0.3 is 75.4 Å². The summed E-state index contributed by atoms with van der Waals surface area (Å²) >= 11 is -0.0506. The first-order chi connectivity index (χ1) is 68.9. The average Bonchev–Trinajstić information content (AvgIpc) is 0.786. The van der Waals surface area contributed by atoms with Gasteiger partial charge < -0.3 is 51.9 Å². The molecule has 5 N–H and O–H groups in total. The number of aromatic hydroxyl groups is 1. The molecule has 0 amide bonds. The van der Waals surface area contributed by atoms with Crippen molar-refractivity contribution >= 4 is 55.3 Å². The van der Waals surface area contributed by atoms with Gasteiger partial charge in [-0.1, -0.05) is 299 Å². The summed E-state index contributed by atoms with van der Waals surface area (Å²) in [4.78, 5) is 11.3. The Morgan fingerprint density at radius 3 is 0.993 bits per heavy atom. The molecule has 146 heavy (non-hydrogen) atoms. The van der Waals surface area contributed by atoms with Gasteiger partial charge in [0.25, 0.3) is 0 Å². The fourth-order valence-electron chi connectivity index (χ4n) is 13.8. The van der Waals surface area contributed by atoms with Crippen LogP contribution >= 0.6 is 7.81 Å². The number of nitrogens with two attached hydrogens (primary N) is 2. The molecule has 0 unspecified atom stereocenters. The van der Waals surface area contributed by atoms with Crippen molar-refractivity contribution in [1.29, 1.82) is 0 Å². The van der Waals surface area contributed by atoms with Crippen LogP contribution in [0.2, 0.25) is 0 Å². The third-order valence-electron chi connectivity index (χ3n) is 22.8. The standard InChI is InChI=1S/2C24H42N2O3.C22H30I.C14H12O6S.C12H10I.C9H12O3S.C7H8O3S.F6P/c2*1-4-7-10-12-16-28-22-19-21(14-18-27-15-9-6-3)20-23(24(22)26-25)29-17-13-11-8-5-2;1-7-21(3,4)17-9-13-19(14-10-17)23-20-15-11-18(12-16-20)22(5,6)8-2;1-20-12-8-11(15)10(7-13(12)21(17,18)19)14(16)9-5-3-2-4-6-9;1-3-7-11(8-4-1)13-12-9-5-2-6-10-12;1-6-4-7(2)9(8(3)5-6)13(10,11)12;1-6-2-4-7(5-3-6)11(8,9)10;1-7(2,3,4,5)6/h2*19-20,25H,4-18H2,1-3H3;9-16H,7-8H2,1-6H3;2-8,15H,1H3,(H,17,18,19);1-10H;4-5H,1-3H3,(H,10,11,12);2-5H,1H3,(H,8,9,10);/q;;+1;;+1;;;-1/p-1. The van der Waals surface area contributed by atoms with Gasteiger partial charge in [-0.15, -0.1) is 0 Å². The van der Waals surface area contributed by atoms with Crippen LogP contribution in [0.25, 0.3) is 0 Å². The number of benzene rings is 10. The minimum absolute atomic E-state index is 0.0287. The molecule has 10 aromatic carbocycles. The average molecular weight is 2340 g/mol. The zero-order chi connectivity index (χ0) is 109. The molecule has 0 heterocycles. The Bertz CT molecular complexity index is 5540. The number of methoxy groups -OCH3 is 1. The van der Waals surface area contributed by atoms with E-state index in [9.17, 15) is 74.0 Å². The Hall–Kier alpha value is -9.01. The van der Waals surface area contributed by atoms with E-state index in [1.165, 1.54) is 140 Å². The van der Waals surface area contributed by atoms with E-state index in [-0.39, 0.29) is 79.9 Å². The summed E-state index contributed by atoms with van der Waals surface area (Å²) in [5.74, 6) is 1.51. The molecule has 0 spiro atoms. The van der Waals surface area contributed by atoms with Gasteiger partial charge in [0.2, 0.25) is 11.4 Å². The number of hydrogen-bond acceptors (Lipinski definition) is 20. The molecule has 10 aromatic rings. The topological polar surface area (TPSA) is 349 Å². The van der Waals surface area contributed by atoms with Crippen LogP contribution in [-0.4, -0.2) is 110 Å². The number of carbonyl (C=O) groups excluding carboxylic acids is 1. The maximum atomic E-state index is 12.2. The van der Waals surface area contributed by atoms with Crippen molar-refractivity contribution in [3.05, 3.63) is 282 Å². The molecule has 10 rings (SSSR count). The summed E-state index contributed by atoms with van der Waals surface area (Å²) in [5.41, 5.74) is 21.3. The Kier molecular flexibility index (Phi) is 60.4. The van der Waals surface area contributed by atoms with E-state index < -0.39 is 54.6 Å². The molecule has 0 radical (unpaired) electrons. The van der Waals surface area contributed by atoms with Gasteiger partial charge in [0.15, 0.2) is 43.1 Å². The van der Waals surface area contributed by atoms with Gasteiger partial charge in [0, 0.05) is 24.8 Å². The SMILES string of the molecule is CCC(C)(C)c1ccc([I+]c2ccc(C(C)(C)CC)cc2)cc1.CCCCCCOc1cc(CCOCCCC)cc(OCCCCCC)c1N=[NH2+].CCCCCCOc1cc(CCOCCCC)cc(OCCCCCC)c1N=[NH2+].COc1cc(O)c(C(=O)c2ccccc2)cc1S(=O)(=O)[O-].Cc1cc(C)c(S(=O)(=O)[O-])c(C)c1.Cc1ccc(S(=O)(=O)[O-])cc1.F[P-](F)(F)(F)(F)F.c1ccc([I+]c2ccccc2)cc1. The minimum Gasteiger partial charge on any atom is -0.0619 e. The largest absolute Gasteiger partial charge is 0.357 e. The van der Waals surface area contributed by atoms with Crippen LogP contribution in [0.15, 0.2) is 237 Å². The van der Waals surface area contributed by atoms with Crippen molar-refractivity contribution in [3.63, 3.8) is 0 Å². The van der Waals surface area contributed by atoms with Gasteiger partial charge in [-0.25, -0.2) is 25.3 Å². The van der Waals surface area contributed by atoms with Crippen LogP contribution in [-0.2, 0) is 63.5 Å². The zero-order valence-corrected chi connectivity index (χ0v) is 95.6. The Balaban J connectivity index is 0.000000442. The number of carbonyl (C=O) groups is 1. The van der Waals surface area contributed by atoms with E-state index >= 15 is 0 Å². The minimum atomic E-state index is -10.7. The van der Waals surface area contributed by atoms with Gasteiger partial charge in [-0.05, 0) is 237 Å². The molecule has 0 fully saturated rings. The number of hydrogen-bond donors (Lipinski definition) is 3. The van der Waals surface area contributed by atoms with E-state index in [1.807, 2.05) is 38.1 Å². The molecule has 0 aliphatic heterocycles. The number of aryl methyl sites for hydroxylation is 4. The zero-order valence-electron chi connectivity index (χ0n) is 88.0. The summed E-state index contributed by atoms with van der Waals surface area (Å²) < 4.78 is 203. The Labute approximate surface area is 886 Å². The summed E-state index contributed by atoms with van der Waals surface area (Å²) in [6, 6.07) is 67.1. The number of unbranched alkanes of at least 4 members (excludes halogenated alkanes) is 14. The normalized spacial score (nSPS) is 11.8. The van der Waals surface area contributed by atoms with Gasteiger partial charge in [-0.2, -0.15) is 11.1 Å². The predicted molar refractivity (Wildman–Crippen MR) is 559 cm³/mol. The summed E-state index contributed by atoms with van der Waals surface area (Å²) in [5, 5.41) is 17.8. The molecular weight excluding hydrogens is 2180 g/mol. The smallest absolute Gasteiger partial charge is 0.0619 e. The number of halogens is 8. The van der Waals surface area contributed by atoms with E-state index in [2.05, 4.69) is 203 Å². The van der Waals surface area contributed by atoms with Crippen LogP contribution < -0.4 is 77.2 Å². The molecule has 0 saturated heterocycles. The first kappa shape index (κ1) is 131. The molecule has 34 heteroatoms. The number of ether oxygens (including phenoxy) is 7. The van der Waals surface area contributed by atoms with Crippen molar-refractivity contribution in [2.24, 2.45) is 10.2 Å². The number of phenols is 1. The molecule has 810 valence electrons. The third kappa shape index (κ3) is 55.5. The van der Waals surface area contributed by atoms with Crippen LogP contribution in [0.3, 0.4) is 0 Å². The maximum Gasteiger partial charge on any atom is 0.357 e. The number of phenolic OH excluding ortho intramolecular Hbond substituents is 1. The second kappa shape index (κ2) is 67.2. The summed E-state index contributed by atoms with van der Waals surface area (Å²) in [6.45, 7) is 39.7. The summed E-state index contributed by atoms with van der Waals surface area (Å²) in [6.07, 6.45) is 27.2. The monoisotopic (exact) mass is 2340 g/mol. The maximum absolute atomic E-state index is 12.2. The van der Waals surface area contributed by atoms with Gasteiger partial charge in [0.1, 0.15) is 41.9 Å². The van der Waals surface area contributed by atoms with Gasteiger partial charge in [0.05, 0.1) is 67.0 Å². The van der Waals surface area contributed by atoms with Crippen LogP contribution in [0, 0.1) is 42.0 Å². The molecule has 0 aliphatic carbocycles. The number of nitrogens with zero attached hydrogens (tertiary/aromatic N) is 2. The van der Waals surface area contributed by atoms with Crippen LogP contribution in [0.4, 0.5) is 36.6 Å². The first-order valence-electron chi connectivity index (χ1n) is 49.9. The van der Waals surface area contributed by atoms with E-state index in [0.29, 0.717) is 62.1 Å². The van der Waals surface area contributed by atoms with E-state index in [4.69, 9.17) is 44.2 Å². The van der Waals surface area contributed by atoms with E-state index in [1.54, 1.807) is 56.3 Å². The summed E-state index contributed by atoms with van der Waals surface area (Å²) in [7, 11) is -22.9. The van der Waals surface area contributed by atoms with Crippen molar-refractivity contribution in [2.45, 2.75) is 290 Å². The fraction of sp³-hybridized carbons (Fsp3) is 0.455.